The normalized spacial score (nSPS) is 19.5. The summed E-state index contributed by atoms with van der Waals surface area (Å²) in [6.45, 7) is 0.276. The van der Waals surface area contributed by atoms with Crippen molar-refractivity contribution >= 4 is 12.1 Å². The van der Waals surface area contributed by atoms with Gasteiger partial charge in [0.15, 0.2) is 0 Å². The van der Waals surface area contributed by atoms with Gasteiger partial charge in [0.05, 0.1) is 5.56 Å². The van der Waals surface area contributed by atoms with E-state index in [9.17, 15) is 9.59 Å². The molecule has 1 fully saturated rings. The van der Waals surface area contributed by atoms with Crippen LogP contribution in [0.15, 0.2) is 54.6 Å². The first kappa shape index (κ1) is 18.0. The van der Waals surface area contributed by atoms with Crippen LogP contribution in [0.5, 0.6) is 0 Å². The fourth-order valence-electron chi connectivity index (χ4n) is 3.40. The molecular weight excluding hydrogens is 330 g/mol. The van der Waals surface area contributed by atoms with Gasteiger partial charge in [0.2, 0.25) is 0 Å². The molecule has 26 heavy (non-hydrogen) atoms. The Balaban J connectivity index is 1.43. The van der Waals surface area contributed by atoms with Gasteiger partial charge in [0.25, 0.3) is 0 Å². The summed E-state index contributed by atoms with van der Waals surface area (Å²) in [6.07, 6.45) is 3.35. The van der Waals surface area contributed by atoms with Gasteiger partial charge in [-0.15, -0.1) is 0 Å². The lowest BCUT2D eigenvalue weighted by atomic mass is 9.81. The number of rotatable bonds is 5. The van der Waals surface area contributed by atoms with E-state index < -0.39 is 5.97 Å². The average molecular weight is 353 g/mol. The maximum Gasteiger partial charge on any atom is 0.407 e. The van der Waals surface area contributed by atoms with Crippen molar-refractivity contribution in [2.24, 2.45) is 0 Å². The molecule has 3 rings (SSSR count). The molecule has 2 aromatic rings. The third-order valence-corrected chi connectivity index (χ3v) is 4.89. The minimum absolute atomic E-state index is 0.132. The quantitative estimate of drug-likeness (QED) is 0.838. The Labute approximate surface area is 153 Å². The standard InChI is InChI=1S/C21H23NO4/c23-20(24)18-8-6-16(7-9-18)17-10-12-19(13-11-17)22-21(25)26-14-15-4-2-1-3-5-15/h1-9,17,19H,10-14H2,(H,22,25)(H,23,24)/t17-,19-. The number of alkyl carbamates (subject to hydrolysis) is 1. The Hall–Kier alpha value is -2.82. The molecule has 1 saturated carbocycles. The molecular formula is C21H23NO4. The van der Waals surface area contributed by atoms with Gasteiger partial charge in [-0.1, -0.05) is 42.5 Å². The molecule has 0 spiro atoms. The number of aromatic carboxylic acids is 1. The van der Waals surface area contributed by atoms with Gasteiger partial charge in [-0.05, 0) is 54.9 Å². The van der Waals surface area contributed by atoms with Crippen LogP contribution >= 0.6 is 0 Å². The zero-order valence-electron chi connectivity index (χ0n) is 14.6. The highest BCUT2D eigenvalue weighted by molar-refractivity contribution is 5.87. The van der Waals surface area contributed by atoms with Crippen molar-refractivity contribution in [3.05, 3.63) is 71.3 Å². The van der Waals surface area contributed by atoms with E-state index in [2.05, 4.69) is 5.32 Å². The topological polar surface area (TPSA) is 75.6 Å². The van der Waals surface area contributed by atoms with Crippen molar-refractivity contribution in [2.45, 2.75) is 44.2 Å². The van der Waals surface area contributed by atoms with E-state index in [1.165, 1.54) is 5.56 Å². The number of hydrogen-bond donors (Lipinski definition) is 2. The van der Waals surface area contributed by atoms with Crippen molar-refractivity contribution in [1.29, 1.82) is 0 Å². The summed E-state index contributed by atoms with van der Waals surface area (Å²) >= 11 is 0. The molecule has 2 N–H and O–H groups in total. The van der Waals surface area contributed by atoms with Gasteiger partial charge in [-0.2, -0.15) is 0 Å². The van der Waals surface area contributed by atoms with Crippen LogP contribution in [0, 0.1) is 0 Å². The van der Waals surface area contributed by atoms with E-state index in [1.54, 1.807) is 12.1 Å². The second-order valence-electron chi connectivity index (χ2n) is 6.68. The molecule has 5 nitrogen and oxygen atoms in total. The van der Waals surface area contributed by atoms with E-state index in [1.807, 2.05) is 42.5 Å². The molecule has 1 aliphatic carbocycles. The molecule has 0 bridgehead atoms. The molecule has 0 radical (unpaired) electrons. The Morgan fingerprint density at radius 3 is 2.23 bits per heavy atom. The third-order valence-electron chi connectivity index (χ3n) is 4.89. The summed E-state index contributed by atoms with van der Waals surface area (Å²) in [5, 5.41) is 11.9. The van der Waals surface area contributed by atoms with Gasteiger partial charge in [-0.3, -0.25) is 0 Å². The first-order valence-corrected chi connectivity index (χ1v) is 8.92. The van der Waals surface area contributed by atoms with Crippen LogP contribution in [0.4, 0.5) is 4.79 Å². The van der Waals surface area contributed by atoms with Crippen molar-refractivity contribution in [3.8, 4) is 0 Å². The molecule has 1 amide bonds. The number of benzene rings is 2. The van der Waals surface area contributed by atoms with E-state index in [4.69, 9.17) is 9.84 Å². The number of nitrogens with one attached hydrogen (secondary N) is 1. The van der Waals surface area contributed by atoms with Gasteiger partial charge in [0.1, 0.15) is 6.61 Å². The molecule has 0 heterocycles. The van der Waals surface area contributed by atoms with Crippen LogP contribution in [0.1, 0.15) is 53.1 Å². The number of hydrogen-bond acceptors (Lipinski definition) is 3. The van der Waals surface area contributed by atoms with Crippen molar-refractivity contribution in [3.63, 3.8) is 0 Å². The highest BCUT2D eigenvalue weighted by atomic mass is 16.5. The van der Waals surface area contributed by atoms with Crippen molar-refractivity contribution < 1.29 is 19.4 Å². The highest BCUT2D eigenvalue weighted by Gasteiger charge is 2.24. The highest BCUT2D eigenvalue weighted by Crippen LogP contribution is 2.33. The summed E-state index contributed by atoms with van der Waals surface area (Å²) in [5.74, 6) is -0.491. The molecule has 0 aromatic heterocycles. The number of carbonyl (C=O) groups is 2. The number of carboxylic acid groups (broad SMARTS) is 1. The number of carbonyl (C=O) groups excluding carboxylic acids is 1. The lowest BCUT2D eigenvalue weighted by Crippen LogP contribution is -2.37. The fraction of sp³-hybridized carbons (Fsp3) is 0.333. The van der Waals surface area contributed by atoms with E-state index in [0.717, 1.165) is 31.2 Å². The second-order valence-corrected chi connectivity index (χ2v) is 6.68. The van der Waals surface area contributed by atoms with Gasteiger partial charge < -0.3 is 15.2 Å². The van der Waals surface area contributed by atoms with Crippen LogP contribution in [0.25, 0.3) is 0 Å². The predicted octanol–water partition coefficient (Wildman–Crippen LogP) is 4.34. The average Bonchev–Trinajstić information content (AvgIpc) is 2.68. The monoisotopic (exact) mass is 353 g/mol. The van der Waals surface area contributed by atoms with Crippen LogP contribution in [0.2, 0.25) is 0 Å². The molecule has 5 heteroatoms. The smallest absolute Gasteiger partial charge is 0.407 e. The molecule has 0 unspecified atom stereocenters. The largest absolute Gasteiger partial charge is 0.478 e. The third kappa shape index (κ3) is 4.85. The molecule has 136 valence electrons. The number of carboxylic acids is 1. The Bertz CT molecular complexity index is 734. The van der Waals surface area contributed by atoms with E-state index in [0.29, 0.717) is 11.5 Å². The van der Waals surface area contributed by atoms with Crippen LogP contribution in [0.3, 0.4) is 0 Å². The zero-order chi connectivity index (χ0) is 18.4. The SMILES string of the molecule is O=C(N[C@H]1CC[C@H](c2ccc(C(=O)O)cc2)CC1)OCc1ccccc1. The summed E-state index contributed by atoms with van der Waals surface area (Å²) in [6, 6.07) is 16.9. The minimum atomic E-state index is -0.904. The van der Waals surface area contributed by atoms with Crippen LogP contribution in [-0.4, -0.2) is 23.2 Å². The first-order valence-electron chi connectivity index (χ1n) is 8.92. The Morgan fingerprint density at radius 2 is 1.62 bits per heavy atom. The van der Waals surface area contributed by atoms with Crippen molar-refractivity contribution in [1.82, 2.24) is 5.32 Å². The van der Waals surface area contributed by atoms with Crippen LogP contribution < -0.4 is 5.32 Å². The van der Waals surface area contributed by atoms with Gasteiger partial charge in [-0.25, -0.2) is 9.59 Å². The zero-order valence-corrected chi connectivity index (χ0v) is 14.6. The van der Waals surface area contributed by atoms with Crippen LogP contribution in [-0.2, 0) is 11.3 Å². The lowest BCUT2D eigenvalue weighted by Gasteiger charge is -2.29. The predicted molar refractivity (Wildman–Crippen MR) is 98.2 cm³/mol. The van der Waals surface area contributed by atoms with E-state index in [-0.39, 0.29) is 18.7 Å². The maximum atomic E-state index is 11.9. The van der Waals surface area contributed by atoms with E-state index >= 15 is 0 Å². The van der Waals surface area contributed by atoms with Gasteiger partial charge in [0, 0.05) is 6.04 Å². The molecule has 0 saturated heterocycles. The maximum absolute atomic E-state index is 11.9. The molecule has 0 atom stereocenters. The lowest BCUT2D eigenvalue weighted by molar-refractivity contribution is 0.0696. The van der Waals surface area contributed by atoms with Crippen molar-refractivity contribution in [2.75, 3.05) is 0 Å². The summed E-state index contributed by atoms with van der Waals surface area (Å²) in [7, 11) is 0. The summed E-state index contributed by atoms with van der Waals surface area (Å²) in [4.78, 5) is 22.9. The molecule has 2 aromatic carbocycles. The first-order chi connectivity index (χ1) is 12.6. The Kier molecular flexibility index (Phi) is 5.89. The summed E-state index contributed by atoms with van der Waals surface area (Å²) < 4.78 is 5.27. The number of ether oxygens (including phenoxy) is 1. The molecule has 1 aliphatic rings. The molecule has 0 aliphatic heterocycles. The Morgan fingerprint density at radius 1 is 0.962 bits per heavy atom. The number of amides is 1. The summed E-state index contributed by atoms with van der Waals surface area (Å²) in [5.41, 5.74) is 2.45. The van der Waals surface area contributed by atoms with Gasteiger partial charge >= 0.3 is 12.1 Å². The fourth-order valence-corrected chi connectivity index (χ4v) is 3.40. The second kappa shape index (κ2) is 8.52. The minimum Gasteiger partial charge on any atom is -0.478 e.